The average molecular weight is 465 g/mol. The van der Waals surface area contributed by atoms with Crippen LogP contribution in [0.5, 0.6) is 0 Å². The van der Waals surface area contributed by atoms with Crippen LogP contribution in [0.3, 0.4) is 0 Å². The number of pyridine rings is 1. The first-order chi connectivity index (χ1) is 15.8. The monoisotopic (exact) mass is 464 g/mol. The van der Waals surface area contributed by atoms with Crippen molar-refractivity contribution >= 4 is 21.6 Å². The van der Waals surface area contributed by atoms with Crippen LogP contribution in [-0.2, 0) is 21.2 Å². The number of hydrogen-bond acceptors (Lipinski definition) is 4. The fourth-order valence-electron chi connectivity index (χ4n) is 3.41. The molecule has 0 spiro atoms. The molecule has 0 atom stereocenters. The van der Waals surface area contributed by atoms with Gasteiger partial charge in [0.2, 0.25) is 10.0 Å². The van der Waals surface area contributed by atoms with Gasteiger partial charge in [0.25, 0.3) is 0 Å². The topological polar surface area (TPSA) is 96.4 Å². The summed E-state index contributed by atoms with van der Waals surface area (Å²) in [6.07, 6.45) is 7.47. The van der Waals surface area contributed by atoms with Gasteiger partial charge in [-0.2, -0.15) is 0 Å². The number of carbonyl (C=O) groups is 1. The second-order valence-corrected chi connectivity index (χ2v) is 9.57. The number of nitrogens with one attached hydrogen (secondary N) is 1. The van der Waals surface area contributed by atoms with Crippen LogP contribution in [-0.4, -0.2) is 31.0 Å². The predicted octanol–water partition coefficient (Wildman–Crippen LogP) is 4.60. The van der Waals surface area contributed by atoms with Crippen molar-refractivity contribution < 1.29 is 18.3 Å². The highest BCUT2D eigenvalue weighted by atomic mass is 32.2. The molecule has 0 fully saturated rings. The highest BCUT2D eigenvalue weighted by Crippen LogP contribution is 2.24. The number of carboxylic acid groups (broad SMARTS) is 1. The van der Waals surface area contributed by atoms with Crippen LogP contribution >= 0.6 is 0 Å². The molecule has 2 N–H and O–H groups in total. The summed E-state index contributed by atoms with van der Waals surface area (Å²) in [6, 6.07) is 18.6. The lowest BCUT2D eigenvalue weighted by Crippen LogP contribution is -2.26. The summed E-state index contributed by atoms with van der Waals surface area (Å²) < 4.78 is 27.5. The molecule has 0 unspecified atom stereocenters. The van der Waals surface area contributed by atoms with E-state index in [0.717, 1.165) is 27.8 Å². The third-order valence-corrected chi connectivity index (χ3v) is 6.69. The number of unbranched alkanes of at least 4 members (excludes halogenated alkanes) is 1. The van der Waals surface area contributed by atoms with Crippen molar-refractivity contribution in [2.24, 2.45) is 0 Å². The molecule has 7 heteroatoms. The zero-order chi connectivity index (χ0) is 23.7. The van der Waals surface area contributed by atoms with Crippen molar-refractivity contribution in [3.63, 3.8) is 0 Å². The zero-order valence-electron chi connectivity index (χ0n) is 18.6. The van der Waals surface area contributed by atoms with Crippen LogP contribution in [0.15, 0.2) is 84.0 Å². The molecule has 172 valence electrons. The number of allylic oxidation sites excluding steroid dienone is 1. The summed E-state index contributed by atoms with van der Waals surface area (Å²) in [5, 5.41) is 8.87. The Bertz CT molecular complexity index is 1190. The number of carboxylic acids is 1. The Kier molecular flexibility index (Phi) is 8.52. The van der Waals surface area contributed by atoms with Crippen LogP contribution in [0.2, 0.25) is 0 Å². The van der Waals surface area contributed by atoms with E-state index in [1.807, 2.05) is 49.4 Å². The smallest absolute Gasteiger partial charge is 0.303 e. The van der Waals surface area contributed by atoms with Gasteiger partial charge in [-0.25, -0.2) is 13.1 Å². The molecule has 0 saturated carbocycles. The number of benzene rings is 2. The van der Waals surface area contributed by atoms with Gasteiger partial charge < -0.3 is 5.11 Å². The molecule has 0 aliphatic heterocycles. The molecule has 2 aromatic carbocycles. The van der Waals surface area contributed by atoms with Crippen LogP contribution in [0.1, 0.15) is 41.5 Å². The van der Waals surface area contributed by atoms with E-state index in [1.54, 1.807) is 36.7 Å². The van der Waals surface area contributed by atoms with E-state index in [2.05, 4.69) is 9.71 Å². The van der Waals surface area contributed by atoms with Gasteiger partial charge in [0, 0.05) is 30.9 Å². The van der Waals surface area contributed by atoms with Gasteiger partial charge in [-0.1, -0.05) is 54.1 Å². The summed E-state index contributed by atoms with van der Waals surface area (Å²) in [6.45, 7) is 2.22. The Morgan fingerprint density at radius 3 is 2.39 bits per heavy atom. The lowest BCUT2D eigenvalue weighted by atomic mass is 9.96. The molecule has 0 aliphatic carbocycles. The maximum absolute atomic E-state index is 12.4. The van der Waals surface area contributed by atoms with E-state index in [1.165, 1.54) is 0 Å². The molecule has 1 heterocycles. The standard InChI is InChI=1S/C26H28N2O4S/c1-20-8-14-24(15-9-20)33(31,32)28-18-16-21-10-12-22(13-11-21)25(6-2-3-7-26(29)30)23-5-4-17-27-19-23/h4-6,8-15,17,19,28H,2-3,7,16,18H2,1H3,(H,29,30)/b25-6-. The van der Waals surface area contributed by atoms with E-state index in [-0.39, 0.29) is 11.3 Å². The predicted molar refractivity (Wildman–Crippen MR) is 129 cm³/mol. The molecule has 0 bridgehead atoms. The normalized spacial score (nSPS) is 12.0. The van der Waals surface area contributed by atoms with Crippen molar-refractivity contribution in [3.8, 4) is 0 Å². The number of sulfonamides is 1. The molecule has 0 radical (unpaired) electrons. The Labute approximate surface area is 195 Å². The summed E-state index contributed by atoms with van der Waals surface area (Å²) in [4.78, 5) is 15.3. The number of aryl methyl sites for hydroxylation is 1. The molecular weight excluding hydrogens is 436 g/mol. The van der Waals surface area contributed by atoms with E-state index in [0.29, 0.717) is 25.8 Å². The second kappa shape index (κ2) is 11.5. The number of hydrogen-bond donors (Lipinski definition) is 2. The number of nitrogens with zero attached hydrogens (tertiary/aromatic N) is 1. The third kappa shape index (κ3) is 7.37. The summed E-state index contributed by atoms with van der Waals surface area (Å²) in [5.74, 6) is -0.798. The fourth-order valence-corrected chi connectivity index (χ4v) is 4.44. The molecular formula is C26H28N2O4S. The van der Waals surface area contributed by atoms with Gasteiger partial charge in [-0.05, 0) is 61.1 Å². The number of aromatic nitrogens is 1. The number of rotatable bonds is 11. The van der Waals surface area contributed by atoms with Crippen molar-refractivity contribution in [3.05, 3.63) is 101 Å². The van der Waals surface area contributed by atoms with Crippen molar-refractivity contribution in [1.82, 2.24) is 9.71 Å². The van der Waals surface area contributed by atoms with Crippen LogP contribution in [0.4, 0.5) is 0 Å². The van der Waals surface area contributed by atoms with Gasteiger partial charge in [0.05, 0.1) is 4.90 Å². The Morgan fingerprint density at radius 1 is 1.03 bits per heavy atom. The van der Waals surface area contributed by atoms with E-state index in [4.69, 9.17) is 5.11 Å². The average Bonchev–Trinajstić information content (AvgIpc) is 2.80. The Morgan fingerprint density at radius 2 is 1.76 bits per heavy atom. The lowest BCUT2D eigenvalue weighted by molar-refractivity contribution is -0.137. The van der Waals surface area contributed by atoms with Crippen LogP contribution < -0.4 is 4.72 Å². The molecule has 3 aromatic rings. The summed E-state index contributed by atoms with van der Waals surface area (Å²) in [7, 11) is -3.53. The first kappa shape index (κ1) is 24.4. The van der Waals surface area contributed by atoms with Crippen molar-refractivity contribution in [1.29, 1.82) is 0 Å². The zero-order valence-corrected chi connectivity index (χ0v) is 19.4. The minimum absolute atomic E-state index is 0.133. The van der Waals surface area contributed by atoms with Crippen LogP contribution in [0.25, 0.3) is 5.57 Å². The Hall–Kier alpha value is -3.29. The van der Waals surface area contributed by atoms with Crippen molar-refractivity contribution in [2.45, 2.75) is 37.5 Å². The number of aliphatic carboxylic acids is 1. The van der Waals surface area contributed by atoms with Gasteiger partial charge in [0.15, 0.2) is 0 Å². The first-order valence-electron chi connectivity index (χ1n) is 10.8. The maximum atomic E-state index is 12.4. The largest absolute Gasteiger partial charge is 0.481 e. The van der Waals surface area contributed by atoms with Crippen LogP contribution in [0, 0.1) is 6.92 Å². The lowest BCUT2D eigenvalue weighted by Gasteiger charge is -2.10. The molecule has 3 rings (SSSR count). The SMILES string of the molecule is Cc1ccc(S(=O)(=O)NCCc2ccc(/C(=C/CCCC(=O)O)c3cccnc3)cc2)cc1. The molecule has 1 aromatic heterocycles. The first-order valence-corrected chi connectivity index (χ1v) is 12.3. The molecule has 0 aliphatic rings. The minimum Gasteiger partial charge on any atom is -0.481 e. The molecule has 33 heavy (non-hydrogen) atoms. The Balaban J connectivity index is 1.65. The summed E-state index contributed by atoms with van der Waals surface area (Å²) in [5.41, 5.74) is 4.99. The van der Waals surface area contributed by atoms with Gasteiger partial charge in [-0.3, -0.25) is 9.78 Å². The van der Waals surface area contributed by atoms with E-state index in [9.17, 15) is 13.2 Å². The van der Waals surface area contributed by atoms with Gasteiger partial charge >= 0.3 is 5.97 Å². The molecule has 6 nitrogen and oxygen atoms in total. The fraction of sp³-hybridized carbons (Fsp3) is 0.231. The quantitative estimate of drug-likeness (QED) is 0.404. The van der Waals surface area contributed by atoms with E-state index < -0.39 is 16.0 Å². The molecule has 0 saturated heterocycles. The van der Waals surface area contributed by atoms with Gasteiger partial charge in [-0.15, -0.1) is 0 Å². The molecule has 0 amide bonds. The van der Waals surface area contributed by atoms with Gasteiger partial charge in [0.1, 0.15) is 0 Å². The minimum atomic E-state index is -3.53. The summed E-state index contributed by atoms with van der Waals surface area (Å²) >= 11 is 0. The third-order valence-electron chi connectivity index (χ3n) is 5.22. The second-order valence-electron chi connectivity index (χ2n) is 7.80. The highest BCUT2D eigenvalue weighted by molar-refractivity contribution is 7.89. The maximum Gasteiger partial charge on any atom is 0.303 e. The van der Waals surface area contributed by atoms with E-state index >= 15 is 0 Å². The highest BCUT2D eigenvalue weighted by Gasteiger charge is 2.13. The van der Waals surface area contributed by atoms with Crippen molar-refractivity contribution in [2.75, 3.05) is 6.54 Å².